The molecule has 2 rings (SSSR count). The van der Waals surface area contributed by atoms with Gasteiger partial charge in [0, 0.05) is 16.3 Å². The van der Waals surface area contributed by atoms with E-state index >= 15 is 0 Å². The Morgan fingerprint density at radius 3 is 2.61 bits per heavy atom. The van der Waals surface area contributed by atoms with E-state index in [0.29, 0.717) is 5.75 Å². The first-order valence-electron chi connectivity index (χ1n) is 7.34. The molecule has 0 aliphatic carbocycles. The number of methoxy groups -OCH3 is 1. The smallest absolute Gasteiger partial charge is 0.230 e. The van der Waals surface area contributed by atoms with Crippen molar-refractivity contribution in [2.45, 2.75) is 18.7 Å². The van der Waals surface area contributed by atoms with E-state index in [9.17, 15) is 4.79 Å². The molecule has 0 aliphatic rings. The van der Waals surface area contributed by atoms with E-state index in [4.69, 9.17) is 16.3 Å². The largest absolute Gasteiger partial charge is 0.496 e. The Morgan fingerprint density at radius 1 is 1.22 bits per heavy atom. The third kappa shape index (κ3) is 5.48. The van der Waals surface area contributed by atoms with Gasteiger partial charge in [0.1, 0.15) is 5.75 Å². The van der Waals surface area contributed by atoms with Gasteiger partial charge in [0.05, 0.1) is 18.9 Å². The lowest BCUT2D eigenvalue weighted by molar-refractivity contribution is -0.119. The fraction of sp³-hybridized carbons (Fsp3) is 0.278. The summed E-state index contributed by atoms with van der Waals surface area (Å²) in [5.41, 5.74) is 2.14. The lowest BCUT2D eigenvalue weighted by atomic mass is 10.1. The van der Waals surface area contributed by atoms with Crippen LogP contribution in [-0.4, -0.2) is 18.8 Å². The Kier molecular flexibility index (Phi) is 6.81. The summed E-state index contributed by atoms with van der Waals surface area (Å²) in [5.74, 6) is 2.01. The molecule has 0 fully saturated rings. The second-order valence-electron chi connectivity index (χ2n) is 5.15. The predicted octanol–water partition coefficient (Wildman–Crippen LogP) is 4.46. The lowest BCUT2D eigenvalue weighted by Gasteiger charge is -2.17. The van der Waals surface area contributed by atoms with E-state index in [-0.39, 0.29) is 11.9 Å². The van der Waals surface area contributed by atoms with Gasteiger partial charge in [-0.1, -0.05) is 41.9 Å². The molecule has 3 nitrogen and oxygen atoms in total. The maximum absolute atomic E-state index is 12.1. The second kappa shape index (κ2) is 8.85. The maximum atomic E-state index is 12.1. The number of hydrogen-bond donors (Lipinski definition) is 1. The van der Waals surface area contributed by atoms with Crippen molar-refractivity contribution in [3.05, 3.63) is 64.7 Å². The number of para-hydroxylation sites is 1. The van der Waals surface area contributed by atoms with Crippen LogP contribution in [0.3, 0.4) is 0 Å². The Balaban J connectivity index is 1.81. The Labute approximate surface area is 146 Å². The first-order valence-corrected chi connectivity index (χ1v) is 8.88. The number of benzene rings is 2. The fourth-order valence-corrected chi connectivity index (χ4v) is 3.15. The number of carbonyl (C=O) groups excluding carboxylic acids is 1. The van der Waals surface area contributed by atoms with Crippen LogP contribution in [-0.2, 0) is 10.5 Å². The van der Waals surface area contributed by atoms with Crippen LogP contribution >= 0.6 is 23.4 Å². The zero-order chi connectivity index (χ0) is 16.7. The van der Waals surface area contributed by atoms with E-state index in [0.717, 1.165) is 27.7 Å². The Hall–Kier alpha value is -1.65. The van der Waals surface area contributed by atoms with E-state index in [1.165, 1.54) is 0 Å². The number of thioether (sulfide) groups is 1. The van der Waals surface area contributed by atoms with E-state index in [2.05, 4.69) is 5.32 Å². The van der Waals surface area contributed by atoms with Crippen molar-refractivity contribution in [3.8, 4) is 5.75 Å². The summed E-state index contributed by atoms with van der Waals surface area (Å²) in [7, 11) is 1.63. The summed E-state index contributed by atoms with van der Waals surface area (Å²) >= 11 is 7.44. The highest BCUT2D eigenvalue weighted by Crippen LogP contribution is 2.24. The lowest BCUT2D eigenvalue weighted by Crippen LogP contribution is -2.28. The minimum absolute atomic E-state index is 0.0161. The predicted molar refractivity (Wildman–Crippen MR) is 97.2 cm³/mol. The highest BCUT2D eigenvalue weighted by Gasteiger charge is 2.13. The number of halogens is 1. The molecule has 2 aromatic rings. The first-order chi connectivity index (χ1) is 11.1. The number of ether oxygens (including phenoxy) is 1. The van der Waals surface area contributed by atoms with Gasteiger partial charge in [-0.2, -0.15) is 0 Å². The molecule has 0 aromatic heterocycles. The van der Waals surface area contributed by atoms with Crippen molar-refractivity contribution in [2.75, 3.05) is 12.9 Å². The fourth-order valence-electron chi connectivity index (χ4n) is 2.23. The van der Waals surface area contributed by atoms with Crippen LogP contribution in [0, 0.1) is 0 Å². The van der Waals surface area contributed by atoms with E-state index in [1.54, 1.807) is 18.9 Å². The van der Waals surface area contributed by atoms with Gasteiger partial charge in [-0.25, -0.2) is 0 Å². The number of rotatable bonds is 7. The number of amides is 1. The van der Waals surface area contributed by atoms with Crippen molar-refractivity contribution in [2.24, 2.45) is 0 Å². The Bertz CT molecular complexity index is 646. The monoisotopic (exact) mass is 349 g/mol. The van der Waals surface area contributed by atoms with Crippen LogP contribution in [0.25, 0.3) is 0 Å². The molecule has 2 aromatic carbocycles. The molecule has 0 saturated carbocycles. The molecule has 0 heterocycles. The molecule has 0 spiro atoms. The third-order valence-electron chi connectivity index (χ3n) is 3.40. The van der Waals surface area contributed by atoms with Crippen molar-refractivity contribution in [1.29, 1.82) is 0 Å². The highest BCUT2D eigenvalue weighted by molar-refractivity contribution is 7.99. The van der Waals surface area contributed by atoms with Gasteiger partial charge in [0.25, 0.3) is 0 Å². The molecule has 5 heteroatoms. The summed E-state index contributed by atoms with van der Waals surface area (Å²) < 4.78 is 5.33. The van der Waals surface area contributed by atoms with Crippen molar-refractivity contribution >= 4 is 29.3 Å². The average Bonchev–Trinajstić information content (AvgIpc) is 2.56. The molecule has 1 N–H and O–H groups in total. The SMILES string of the molecule is COc1ccccc1[C@@H](C)NC(=O)CSCc1ccc(Cl)cc1. The minimum Gasteiger partial charge on any atom is -0.496 e. The molecular formula is C18H20ClNO2S. The normalized spacial score (nSPS) is 11.8. The van der Waals surface area contributed by atoms with Crippen LogP contribution in [0.1, 0.15) is 24.1 Å². The molecule has 0 unspecified atom stereocenters. The van der Waals surface area contributed by atoms with Gasteiger partial charge in [-0.3, -0.25) is 4.79 Å². The molecule has 23 heavy (non-hydrogen) atoms. The molecular weight excluding hydrogens is 330 g/mol. The van der Waals surface area contributed by atoms with Crippen molar-refractivity contribution in [3.63, 3.8) is 0 Å². The topological polar surface area (TPSA) is 38.3 Å². The third-order valence-corrected chi connectivity index (χ3v) is 4.65. The highest BCUT2D eigenvalue weighted by atomic mass is 35.5. The molecule has 0 bridgehead atoms. The Morgan fingerprint density at radius 2 is 1.91 bits per heavy atom. The standard InChI is InChI=1S/C18H20ClNO2S/c1-13(16-5-3-4-6-17(16)22-2)20-18(21)12-23-11-14-7-9-15(19)10-8-14/h3-10,13H,11-12H2,1-2H3,(H,20,21)/t13-/m1/s1. The molecule has 1 atom stereocenters. The average molecular weight is 350 g/mol. The van der Waals surface area contributed by atoms with Crippen LogP contribution < -0.4 is 10.1 Å². The summed E-state index contributed by atoms with van der Waals surface area (Å²) in [6, 6.07) is 15.3. The number of nitrogens with one attached hydrogen (secondary N) is 1. The molecule has 0 aliphatic heterocycles. The number of carbonyl (C=O) groups is 1. The van der Waals surface area contributed by atoms with E-state index in [1.807, 2.05) is 55.5 Å². The van der Waals surface area contributed by atoms with Gasteiger partial charge in [-0.15, -0.1) is 11.8 Å². The van der Waals surface area contributed by atoms with Gasteiger partial charge in [-0.05, 0) is 30.7 Å². The number of hydrogen-bond acceptors (Lipinski definition) is 3. The summed E-state index contributed by atoms with van der Waals surface area (Å²) in [4.78, 5) is 12.1. The summed E-state index contributed by atoms with van der Waals surface area (Å²) in [5, 5.41) is 3.73. The molecule has 122 valence electrons. The van der Waals surface area contributed by atoms with Crippen LogP contribution in [0.4, 0.5) is 0 Å². The molecule has 1 amide bonds. The summed E-state index contributed by atoms with van der Waals surface area (Å²) in [6.45, 7) is 1.96. The van der Waals surface area contributed by atoms with Gasteiger partial charge in [0.15, 0.2) is 0 Å². The first kappa shape index (κ1) is 17.7. The summed E-state index contributed by atoms with van der Waals surface area (Å²) in [6.07, 6.45) is 0. The van der Waals surface area contributed by atoms with Crippen LogP contribution in [0.5, 0.6) is 5.75 Å². The zero-order valence-electron chi connectivity index (χ0n) is 13.2. The van der Waals surface area contributed by atoms with Crippen molar-refractivity contribution in [1.82, 2.24) is 5.32 Å². The molecule has 0 saturated heterocycles. The van der Waals surface area contributed by atoms with E-state index < -0.39 is 0 Å². The minimum atomic E-state index is -0.0882. The van der Waals surface area contributed by atoms with Gasteiger partial charge >= 0.3 is 0 Å². The zero-order valence-corrected chi connectivity index (χ0v) is 14.8. The quantitative estimate of drug-likeness (QED) is 0.802. The second-order valence-corrected chi connectivity index (χ2v) is 6.57. The maximum Gasteiger partial charge on any atom is 0.230 e. The van der Waals surface area contributed by atoms with Gasteiger partial charge in [0.2, 0.25) is 5.91 Å². The van der Waals surface area contributed by atoms with Crippen LogP contribution in [0.15, 0.2) is 48.5 Å². The molecule has 0 radical (unpaired) electrons. The van der Waals surface area contributed by atoms with Gasteiger partial charge < -0.3 is 10.1 Å². The van der Waals surface area contributed by atoms with Crippen molar-refractivity contribution < 1.29 is 9.53 Å². The van der Waals surface area contributed by atoms with Crippen LogP contribution in [0.2, 0.25) is 5.02 Å².